The predicted molar refractivity (Wildman–Crippen MR) is 63.1 cm³/mol. The number of anilines is 1. The van der Waals surface area contributed by atoms with Gasteiger partial charge in [0, 0.05) is 17.3 Å². The van der Waals surface area contributed by atoms with E-state index in [1.54, 1.807) is 6.20 Å². The van der Waals surface area contributed by atoms with Crippen molar-refractivity contribution in [1.29, 1.82) is 0 Å². The second-order valence-electron chi connectivity index (χ2n) is 3.86. The molecular weight excluding hydrogens is 235 g/mol. The highest BCUT2D eigenvalue weighted by molar-refractivity contribution is 5.60. The van der Waals surface area contributed by atoms with Crippen molar-refractivity contribution >= 4 is 11.6 Å². The van der Waals surface area contributed by atoms with E-state index in [1.807, 2.05) is 6.92 Å². The number of nitrogens with zero attached hydrogens (tertiary/aromatic N) is 5. The fourth-order valence-electron chi connectivity index (χ4n) is 1.67. The number of fused-ring (bicyclic) bond motifs is 1. The molecule has 0 bridgehead atoms. The van der Waals surface area contributed by atoms with Crippen LogP contribution in [0.5, 0.6) is 0 Å². The normalized spacial score (nSPS) is 11.0. The summed E-state index contributed by atoms with van der Waals surface area (Å²) in [6, 6.07) is 1.31. The summed E-state index contributed by atoms with van der Waals surface area (Å²) in [5.41, 5.74) is 7.73. The van der Waals surface area contributed by atoms with Gasteiger partial charge in [-0.3, -0.25) is 4.98 Å². The van der Waals surface area contributed by atoms with Crippen LogP contribution in [0.2, 0.25) is 0 Å². The van der Waals surface area contributed by atoms with Gasteiger partial charge in [0.15, 0.2) is 11.5 Å². The third-order valence-electron chi connectivity index (χ3n) is 2.53. The molecule has 3 rings (SSSR count). The molecule has 0 spiro atoms. The van der Waals surface area contributed by atoms with Gasteiger partial charge in [0.25, 0.3) is 0 Å². The summed E-state index contributed by atoms with van der Waals surface area (Å²) in [6.07, 6.45) is 4.25. The zero-order valence-electron chi connectivity index (χ0n) is 9.50. The Morgan fingerprint density at radius 2 is 2.06 bits per heavy atom. The molecule has 7 heteroatoms. The molecule has 0 unspecified atom stereocenters. The van der Waals surface area contributed by atoms with Crippen LogP contribution < -0.4 is 5.73 Å². The summed E-state index contributed by atoms with van der Waals surface area (Å²) in [4.78, 5) is 12.2. The molecule has 0 aliphatic heterocycles. The van der Waals surface area contributed by atoms with Crippen molar-refractivity contribution in [3.05, 3.63) is 36.0 Å². The lowest BCUT2D eigenvalue weighted by Crippen LogP contribution is -2.05. The first-order chi connectivity index (χ1) is 8.65. The number of nitrogens with two attached hydrogens (primary N) is 1. The van der Waals surface area contributed by atoms with Crippen LogP contribution in [0, 0.1) is 12.7 Å². The molecule has 3 heterocycles. The molecule has 0 aromatic carbocycles. The zero-order valence-corrected chi connectivity index (χ0v) is 9.50. The summed E-state index contributed by atoms with van der Waals surface area (Å²) in [7, 11) is 0. The number of pyridine rings is 1. The molecule has 0 fully saturated rings. The van der Waals surface area contributed by atoms with Crippen molar-refractivity contribution in [3.8, 4) is 11.4 Å². The van der Waals surface area contributed by atoms with Crippen molar-refractivity contribution in [2.24, 2.45) is 0 Å². The van der Waals surface area contributed by atoms with E-state index in [0.29, 0.717) is 17.0 Å². The van der Waals surface area contributed by atoms with Gasteiger partial charge < -0.3 is 5.73 Å². The van der Waals surface area contributed by atoms with Crippen molar-refractivity contribution < 1.29 is 4.39 Å². The second-order valence-corrected chi connectivity index (χ2v) is 3.86. The molecule has 18 heavy (non-hydrogen) atoms. The highest BCUT2D eigenvalue weighted by Crippen LogP contribution is 2.18. The maximum absolute atomic E-state index is 13.1. The molecule has 2 N–H and O–H groups in total. The van der Waals surface area contributed by atoms with Gasteiger partial charge in [-0.15, -0.1) is 0 Å². The summed E-state index contributed by atoms with van der Waals surface area (Å²) in [5.74, 6) is 0.0859. The zero-order chi connectivity index (χ0) is 12.7. The third-order valence-corrected chi connectivity index (χ3v) is 2.53. The maximum Gasteiger partial charge on any atom is 0.225 e. The minimum atomic E-state index is -0.445. The van der Waals surface area contributed by atoms with E-state index in [4.69, 9.17) is 5.73 Å². The van der Waals surface area contributed by atoms with Gasteiger partial charge in [-0.25, -0.2) is 9.37 Å². The van der Waals surface area contributed by atoms with Crippen molar-refractivity contribution in [1.82, 2.24) is 24.6 Å². The van der Waals surface area contributed by atoms with E-state index >= 15 is 0 Å². The second kappa shape index (κ2) is 3.73. The van der Waals surface area contributed by atoms with Crippen LogP contribution in [0.3, 0.4) is 0 Å². The van der Waals surface area contributed by atoms with Gasteiger partial charge in [0.2, 0.25) is 5.95 Å². The van der Waals surface area contributed by atoms with E-state index in [1.165, 1.54) is 16.8 Å². The van der Waals surface area contributed by atoms with Gasteiger partial charge in [-0.05, 0) is 13.0 Å². The summed E-state index contributed by atoms with van der Waals surface area (Å²) in [6.45, 7) is 1.86. The van der Waals surface area contributed by atoms with Crippen LogP contribution >= 0.6 is 0 Å². The Hall–Kier alpha value is -2.57. The molecular formula is C11H9FN6. The number of hydrogen-bond donors (Lipinski definition) is 1. The van der Waals surface area contributed by atoms with Crippen molar-refractivity contribution in [2.45, 2.75) is 6.92 Å². The fourth-order valence-corrected chi connectivity index (χ4v) is 1.67. The van der Waals surface area contributed by atoms with E-state index in [2.05, 4.69) is 20.1 Å². The Morgan fingerprint density at radius 3 is 2.83 bits per heavy atom. The predicted octanol–water partition coefficient (Wildman–Crippen LogP) is 1.22. The van der Waals surface area contributed by atoms with Gasteiger partial charge in [-0.2, -0.15) is 14.6 Å². The Balaban J connectivity index is 2.27. The first kappa shape index (κ1) is 10.6. The molecule has 0 saturated heterocycles. The number of aryl methyl sites for hydroxylation is 1. The van der Waals surface area contributed by atoms with Gasteiger partial charge >= 0.3 is 0 Å². The van der Waals surface area contributed by atoms with Crippen LogP contribution in [-0.2, 0) is 0 Å². The molecule has 0 saturated carbocycles. The number of hydrogen-bond acceptors (Lipinski definition) is 5. The first-order valence-corrected chi connectivity index (χ1v) is 5.24. The monoisotopic (exact) mass is 244 g/mol. The summed E-state index contributed by atoms with van der Waals surface area (Å²) >= 11 is 0. The van der Waals surface area contributed by atoms with Crippen LogP contribution in [0.15, 0.2) is 24.7 Å². The van der Waals surface area contributed by atoms with E-state index < -0.39 is 5.82 Å². The van der Waals surface area contributed by atoms with Crippen LogP contribution in [-0.4, -0.2) is 24.6 Å². The van der Waals surface area contributed by atoms with E-state index in [9.17, 15) is 4.39 Å². The highest BCUT2D eigenvalue weighted by atomic mass is 19.1. The summed E-state index contributed by atoms with van der Waals surface area (Å²) < 4.78 is 14.6. The molecule has 3 aromatic heterocycles. The van der Waals surface area contributed by atoms with E-state index in [0.717, 1.165) is 11.8 Å². The number of nitrogen functional groups attached to an aromatic ring is 1. The van der Waals surface area contributed by atoms with Crippen LogP contribution in [0.1, 0.15) is 5.56 Å². The SMILES string of the molecule is Cc1cnn2c(N)nc(-c3cncc(F)c3)nc12. The van der Waals surface area contributed by atoms with Crippen molar-refractivity contribution in [3.63, 3.8) is 0 Å². The number of aromatic nitrogens is 5. The first-order valence-electron chi connectivity index (χ1n) is 5.24. The molecule has 90 valence electrons. The standard InChI is InChI=1S/C11H9FN6/c1-6-3-15-18-10(6)16-9(17-11(18)13)7-2-8(12)5-14-4-7/h2-5H,1H3,(H2,13,16,17). The molecule has 6 nitrogen and oxygen atoms in total. The Bertz CT molecular complexity index is 735. The van der Waals surface area contributed by atoms with Crippen molar-refractivity contribution in [2.75, 3.05) is 5.73 Å². The summed E-state index contributed by atoms with van der Waals surface area (Å²) in [5, 5.41) is 4.05. The molecule has 0 aliphatic rings. The molecule has 0 amide bonds. The largest absolute Gasteiger partial charge is 0.368 e. The highest BCUT2D eigenvalue weighted by Gasteiger charge is 2.10. The van der Waals surface area contributed by atoms with E-state index in [-0.39, 0.29) is 5.95 Å². The molecule has 3 aromatic rings. The topological polar surface area (TPSA) is 82.0 Å². The Labute approximate surface area is 101 Å². The molecule has 0 aliphatic carbocycles. The average Bonchev–Trinajstić information content (AvgIpc) is 2.72. The maximum atomic E-state index is 13.1. The lowest BCUT2D eigenvalue weighted by atomic mass is 10.2. The Kier molecular flexibility index (Phi) is 2.19. The average molecular weight is 244 g/mol. The lowest BCUT2D eigenvalue weighted by Gasteiger charge is -2.03. The van der Waals surface area contributed by atoms with Gasteiger partial charge in [0.05, 0.1) is 12.4 Å². The van der Waals surface area contributed by atoms with Gasteiger partial charge in [-0.1, -0.05) is 0 Å². The van der Waals surface area contributed by atoms with Gasteiger partial charge in [0.1, 0.15) is 5.82 Å². The number of halogens is 1. The smallest absolute Gasteiger partial charge is 0.225 e. The molecule has 0 radical (unpaired) electrons. The minimum Gasteiger partial charge on any atom is -0.368 e. The minimum absolute atomic E-state index is 0.201. The quantitative estimate of drug-likeness (QED) is 0.695. The Morgan fingerprint density at radius 1 is 1.22 bits per heavy atom. The van der Waals surface area contributed by atoms with Crippen LogP contribution in [0.4, 0.5) is 10.3 Å². The third kappa shape index (κ3) is 1.56. The van der Waals surface area contributed by atoms with Crippen LogP contribution in [0.25, 0.3) is 17.0 Å². The fraction of sp³-hybridized carbons (Fsp3) is 0.0909. The molecule has 0 atom stereocenters. The number of rotatable bonds is 1. The lowest BCUT2D eigenvalue weighted by molar-refractivity contribution is 0.622.